The van der Waals surface area contributed by atoms with Gasteiger partial charge in [0.15, 0.2) is 5.16 Å². The van der Waals surface area contributed by atoms with Gasteiger partial charge in [-0.15, -0.1) is 10.2 Å². The Hall–Kier alpha value is -2.86. The average molecular weight is 376 g/mol. The maximum Gasteiger partial charge on any atom is 0.226 e. The number of imidazole rings is 1. The molecule has 4 aromatic rings. The van der Waals surface area contributed by atoms with Gasteiger partial charge >= 0.3 is 0 Å². The number of nitrogens with zero attached hydrogens (tertiary/aromatic N) is 4. The Morgan fingerprint density at radius 3 is 2.41 bits per heavy atom. The smallest absolute Gasteiger partial charge is 0.226 e. The van der Waals surface area contributed by atoms with Crippen LogP contribution in [0.1, 0.15) is 24.3 Å². The second-order valence-corrected chi connectivity index (χ2v) is 7.14. The number of aryl methyl sites for hydroxylation is 2. The van der Waals surface area contributed by atoms with E-state index < -0.39 is 0 Å². The maximum atomic E-state index is 5.63. The Balaban J connectivity index is 1.70. The second kappa shape index (κ2) is 7.80. The summed E-state index contributed by atoms with van der Waals surface area (Å²) in [7, 11) is 0. The highest BCUT2D eigenvalue weighted by molar-refractivity contribution is 7.98. The van der Waals surface area contributed by atoms with Crippen LogP contribution in [0.2, 0.25) is 0 Å². The van der Waals surface area contributed by atoms with Gasteiger partial charge < -0.3 is 4.42 Å². The zero-order chi connectivity index (χ0) is 18.6. The van der Waals surface area contributed by atoms with E-state index in [1.165, 1.54) is 5.56 Å². The first-order chi connectivity index (χ1) is 13.2. The van der Waals surface area contributed by atoms with Gasteiger partial charge in [-0.1, -0.05) is 66.7 Å². The van der Waals surface area contributed by atoms with E-state index >= 15 is 0 Å². The Labute approximate surface area is 162 Å². The Bertz CT molecular complexity index is 1020. The van der Waals surface area contributed by atoms with Crippen molar-refractivity contribution in [1.29, 1.82) is 0 Å². The SMILES string of the molecule is CCc1nnc(CSc2ncc(-c3ccccc3)n2-c2ccc(C)cc2)o1. The lowest BCUT2D eigenvalue weighted by atomic mass is 10.1. The van der Waals surface area contributed by atoms with E-state index in [4.69, 9.17) is 4.42 Å². The van der Waals surface area contributed by atoms with Crippen molar-refractivity contribution in [2.45, 2.75) is 31.2 Å². The molecular weight excluding hydrogens is 356 g/mol. The summed E-state index contributed by atoms with van der Waals surface area (Å²) in [5.74, 6) is 1.87. The largest absolute Gasteiger partial charge is 0.424 e. The highest BCUT2D eigenvalue weighted by Crippen LogP contribution is 2.31. The first-order valence-corrected chi connectivity index (χ1v) is 9.87. The van der Waals surface area contributed by atoms with E-state index in [2.05, 4.69) is 63.1 Å². The minimum absolute atomic E-state index is 0.587. The van der Waals surface area contributed by atoms with Gasteiger partial charge in [-0.05, 0) is 19.1 Å². The van der Waals surface area contributed by atoms with Gasteiger partial charge in [0.1, 0.15) is 0 Å². The molecule has 2 heterocycles. The Morgan fingerprint density at radius 2 is 1.70 bits per heavy atom. The quantitative estimate of drug-likeness (QED) is 0.439. The topological polar surface area (TPSA) is 56.7 Å². The van der Waals surface area contributed by atoms with Crippen LogP contribution < -0.4 is 0 Å². The maximum absolute atomic E-state index is 5.63. The first kappa shape index (κ1) is 17.5. The molecule has 0 bridgehead atoms. The molecule has 2 aromatic carbocycles. The third-order valence-electron chi connectivity index (χ3n) is 4.23. The number of hydrogen-bond acceptors (Lipinski definition) is 5. The van der Waals surface area contributed by atoms with E-state index in [-0.39, 0.29) is 0 Å². The van der Waals surface area contributed by atoms with E-state index in [1.807, 2.05) is 31.3 Å². The summed E-state index contributed by atoms with van der Waals surface area (Å²) >= 11 is 1.59. The van der Waals surface area contributed by atoms with E-state index in [0.717, 1.165) is 28.5 Å². The van der Waals surface area contributed by atoms with Crippen LogP contribution in [0.15, 0.2) is 70.4 Å². The molecule has 0 saturated carbocycles. The molecule has 0 amide bonds. The molecule has 5 nitrogen and oxygen atoms in total. The van der Waals surface area contributed by atoms with Gasteiger partial charge in [-0.3, -0.25) is 4.57 Å². The third-order valence-corrected chi connectivity index (χ3v) is 5.16. The zero-order valence-corrected chi connectivity index (χ0v) is 16.1. The highest BCUT2D eigenvalue weighted by atomic mass is 32.2. The summed E-state index contributed by atoms with van der Waals surface area (Å²) in [6.45, 7) is 4.09. The molecule has 0 aliphatic heterocycles. The molecule has 2 aromatic heterocycles. The molecule has 0 aliphatic rings. The summed E-state index contributed by atoms with van der Waals surface area (Å²) in [6, 6.07) is 18.8. The number of hydrogen-bond donors (Lipinski definition) is 0. The molecule has 0 unspecified atom stereocenters. The number of aromatic nitrogens is 4. The lowest BCUT2D eigenvalue weighted by Gasteiger charge is -2.12. The van der Waals surface area contributed by atoms with Crippen molar-refractivity contribution < 1.29 is 4.42 Å². The average Bonchev–Trinajstić information content (AvgIpc) is 3.34. The van der Waals surface area contributed by atoms with Crippen molar-refractivity contribution in [2.24, 2.45) is 0 Å². The lowest BCUT2D eigenvalue weighted by Crippen LogP contribution is -1.99. The molecule has 0 atom stereocenters. The molecule has 0 fully saturated rings. The monoisotopic (exact) mass is 376 g/mol. The molecule has 136 valence electrons. The highest BCUT2D eigenvalue weighted by Gasteiger charge is 2.15. The summed E-state index contributed by atoms with van der Waals surface area (Å²) in [4.78, 5) is 4.67. The second-order valence-electron chi connectivity index (χ2n) is 6.19. The summed E-state index contributed by atoms with van der Waals surface area (Å²) in [5, 5.41) is 9.04. The van der Waals surface area contributed by atoms with Gasteiger partial charge in [0.25, 0.3) is 0 Å². The fourth-order valence-corrected chi connectivity index (χ4v) is 3.64. The van der Waals surface area contributed by atoms with E-state index in [0.29, 0.717) is 17.5 Å². The van der Waals surface area contributed by atoms with Crippen molar-refractivity contribution in [3.63, 3.8) is 0 Å². The normalized spacial score (nSPS) is 11.0. The molecule has 0 N–H and O–H groups in total. The van der Waals surface area contributed by atoms with Gasteiger partial charge in [-0.25, -0.2) is 4.98 Å². The number of thioether (sulfide) groups is 1. The molecule has 0 spiro atoms. The van der Waals surface area contributed by atoms with Crippen molar-refractivity contribution >= 4 is 11.8 Å². The predicted octanol–water partition coefficient (Wildman–Crippen LogP) is 5.09. The van der Waals surface area contributed by atoms with Crippen LogP contribution in [0.5, 0.6) is 0 Å². The van der Waals surface area contributed by atoms with Gasteiger partial charge in [0, 0.05) is 17.7 Å². The summed E-state index contributed by atoms with van der Waals surface area (Å²) < 4.78 is 7.80. The van der Waals surface area contributed by atoms with Crippen LogP contribution in [0, 0.1) is 6.92 Å². The van der Waals surface area contributed by atoms with Crippen molar-refractivity contribution in [3.05, 3.63) is 78.1 Å². The van der Waals surface area contributed by atoms with E-state index in [9.17, 15) is 0 Å². The number of benzene rings is 2. The van der Waals surface area contributed by atoms with Gasteiger partial charge in [0.05, 0.1) is 17.6 Å². The molecule has 0 aliphatic carbocycles. The van der Waals surface area contributed by atoms with Crippen LogP contribution in [0.4, 0.5) is 0 Å². The Kier molecular flexibility index (Phi) is 5.07. The Morgan fingerprint density at radius 1 is 0.963 bits per heavy atom. The van der Waals surface area contributed by atoms with Crippen LogP contribution in [0.3, 0.4) is 0 Å². The van der Waals surface area contributed by atoms with Crippen molar-refractivity contribution in [2.75, 3.05) is 0 Å². The van der Waals surface area contributed by atoms with Crippen molar-refractivity contribution in [3.8, 4) is 16.9 Å². The summed E-state index contributed by atoms with van der Waals surface area (Å²) in [6.07, 6.45) is 2.66. The number of rotatable bonds is 6. The molecule has 0 radical (unpaired) electrons. The lowest BCUT2D eigenvalue weighted by molar-refractivity contribution is 0.470. The zero-order valence-electron chi connectivity index (χ0n) is 15.3. The fourth-order valence-electron chi connectivity index (χ4n) is 2.81. The fraction of sp³-hybridized carbons (Fsp3) is 0.190. The van der Waals surface area contributed by atoms with Crippen LogP contribution in [0.25, 0.3) is 16.9 Å². The molecular formula is C21H20N4OS. The van der Waals surface area contributed by atoms with Crippen LogP contribution in [-0.4, -0.2) is 19.7 Å². The van der Waals surface area contributed by atoms with Crippen molar-refractivity contribution in [1.82, 2.24) is 19.7 Å². The van der Waals surface area contributed by atoms with Crippen LogP contribution in [-0.2, 0) is 12.2 Å². The molecule has 6 heteroatoms. The first-order valence-electron chi connectivity index (χ1n) is 8.89. The minimum atomic E-state index is 0.587. The van der Waals surface area contributed by atoms with Crippen LogP contribution >= 0.6 is 11.8 Å². The summed E-state index contributed by atoms with van der Waals surface area (Å²) in [5.41, 5.74) is 4.50. The van der Waals surface area contributed by atoms with Gasteiger partial charge in [0.2, 0.25) is 11.8 Å². The minimum Gasteiger partial charge on any atom is -0.424 e. The molecule has 27 heavy (non-hydrogen) atoms. The third kappa shape index (κ3) is 3.80. The predicted molar refractivity (Wildman–Crippen MR) is 107 cm³/mol. The van der Waals surface area contributed by atoms with Gasteiger partial charge in [-0.2, -0.15) is 0 Å². The molecule has 0 saturated heterocycles. The van der Waals surface area contributed by atoms with E-state index in [1.54, 1.807) is 11.8 Å². The molecule has 4 rings (SSSR count). The standard InChI is InChI=1S/C21H20N4OS/c1-3-19-23-24-20(26-19)14-27-21-22-13-18(16-7-5-4-6-8-16)25(21)17-11-9-15(2)10-12-17/h4-13H,3,14H2,1-2H3.